The quantitative estimate of drug-likeness (QED) is 0.0926. The molecule has 1 amide bonds. The van der Waals surface area contributed by atoms with Crippen LogP contribution < -0.4 is 14.2 Å². The summed E-state index contributed by atoms with van der Waals surface area (Å²) in [5.41, 5.74) is 0.882. The van der Waals surface area contributed by atoms with Crippen LogP contribution in [0.1, 0.15) is 110 Å². The Morgan fingerprint density at radius 2 is 1.47 bits per heavy atom. The molecule has 0 aromatic heterocycles. The fourth-order valence-corrected chi connectivity index (χ4v) is 6.04. The third-order valence-electron chi connectivity index (χ3n) is 9.04. The second kappa shape index (κ2) is 26.2. The second-order valence-electron chi connectivity index (χ2n) is 12.6. The summed E-state index contributed by atoms with van der Waals surface area (Å²) < 4.78 is 16.6. The lowest BCUT2D eigenvalue weighted by Crippen LogP contribution is -3.00. The Bertz CT molecular complexity index is 1020. The number of likely N-dealkylation sites (tertiary alicyclic amines) is 1. The van der Waals surface area contributed by atoms with Gasteiger partial charge in [0.25, 0.3) is 0 Å². The molecule has 2 rings (SSSR count). The Kier molecular flexibility index (Phi) is 24.6. The van der Waals surface area contributed by atoms with Gasteiger partial charge in [-0.2, -0.15) is 0 Å². The lowest BCUT2D eigenvalue weighted by molar-refractivity contribution is -0.929. The summed E-state index contributed by atoms with van der Waals surface area (Å²) in [5.74, 6) is 6.67. The highest BCUT2D eigenvalue weighted by Crippen LogP contribution is 2.32. The van der Waals surface area contributed by atoms with Crippen LogP contribution in [-0.2, 0) is 20.9 Å². The summed E-state index contributed by atoms with van der Waals surface area (Å²) in [7, 11) is 4.53. The number of hydrogen-bond acceptors (Lipinski definition) is 6. The number of methoxy groups -OCH3 is 3. The van der Waals surface area contributed by atoms with E-state index in [2.05, 4.69) is 44.3 Å². The van der Waals surface area contributed by atoms with Gasteiger partial charge in [-0.1, -0.05) is 53.4 Å². The van der Waals surface area contributed by atoms with Gasteiger partial charge < -0.3 is 33.4 Å². The average molecular weight is 665 g/mol. The third kappa shape index (κ3) is 16.2. The summed E-state index contributed by atoms with van der Waals surface area (Å²) in [6.45, 7) is 15.9. The highest BCUT2D eigenvalue weighted by molar-refractivity contribution is 5.82. The molecule has 1 saturated heterocycles. The molecule has 2 atom stereocenters. The number of unbranched alkanes of at least 4 members (excludes halogenated alkanes) is 5. The zero-order valence-corrected chi connectivity index (χ0v) is 30.6. The minimum absolute atomic E-state index is 0. The Morgan fingerprint density at radius 3 is 1.94 bits per heavy atom. The molecule has 0 bridgehead atoms. The van der Waals surface area contributed by atoms with Gasteiger partial charge >= 0.3 is 5.97 Å². The zero-order valence-electron chi connectivity index (χ0n) is 30.6. The van der Waals surface area contributed by atoms with Crippen molar-refractivity contribution >= 4 is 11.9 Å². The molecule has 9 heteroatoms. The van der Waals surface area contributed by atoms with Crippen LogP contribution in [0.4, 0.5) is 0 Å². The van der Waals surface area contributed by atoms with Gasteiger partial charge in [0.1, 0.15) is 11.5 Å². The van der Waals surface area contributed by atoms with Crippen molar-refractivity contribution in [1.82, 2.24) is 4.90 Å². The number of aliphatic hydroxyl groups is 1. The molecule has 270 valence electrons. The van der Waals surface area contributed by atoms with Crippen LogP contribution in [0.5, 0.6) is 11.5 Å². The molecule has 47 heavy (non-hydrogen) atoms. The monoisotopic (exact) mass is 664 g/mol. The number of halogens is 1. The van der Waals surface area contributed by atoms with E-state index in [0.717, 1.165) is 5.56 Å². The lowest BCUT2D eigenvalue weighted by atomic mass is 9.93. The van der Waals surface area contributed by atoms with Gasteiger partial charge in [0.2, 0.25) is 5.91 Å². The number of carbonyl (C=O) groups is 2. The van der Waals surface area contributed by atoms with E-state index in [1.54, 1.807) is 25.2 Å². The van der Waals surface area contributed by atoms with Gasteiger partial charge in [0, 0.05) is 56.5 Å². The molecule has 0 saturated carbocycles. The van der Waals surface area contributed by atoms with Gasteiger partial charge in [-0.05, 0) is 44.2 Å². The average Bonchev–Trinajstić information content (AvgIpc) is 3.39. The first-order chi connectivity index (χ1) is 22.3. The van der Waals surface area contributed by atoms with Crippen molar-refractivity contribution in [1.29, 1.82) is 0 Å². The van der Waals surface area contributed by atoms with Crippen molar-refractivity contribution in [3.63, 3.8) is 0 Å². The first-order valence-electron chi connectivity index (χ1n) is 17.8. The highest BCUT2D eigenvalue weighted by atomic mass is 19.0. The van der Waals surface area contributed by atoms with Crippen LogP contribution in [0.3, 0.4) is 0 Å². The number of benzene rings is 1. The Hall–Kier alpha value is -2.83. The fourth-order valence-electron chi connectivity index (χ4n) is 6.04. The van der Waals surface area contributed by atoms with Gasteiger partial charge in [-0.3, -0.25) is 9.59 Å². The summed E-state index contributed by atoms with van der Waals surface area (Å²) in [6.07, 6.45) is 13.0. The van der Waals surface area contributed by atoms with E-state index in [-0.39, 0.29) is 35.0 Å². The molecule has 1 fully saturated rings. The Balaban J connectivity index is 0.00000101. The third-order valence-corrected chi connectivity index (χ3v) is 9.04. The van der Waals surface area contributed by atoms with Gasteiger partial charge in [0.05, 0.1) is 53.4 Å². The fraction of sp³-hybridized carbons (Fsp3) is 0.737. The minimum atomic E-state index is -0.322. The van der Waals surface area contributed by atoms with E-state index >= 15 is 0 Å². The van der Waals surface area contributed by atoms with Crippen LogP contribution in [0, 0.1) is 23.7 Å². The number of quaternary nitrogens is 1. The summed E-state index contributed by atoms with van der Waals surface area (Å²) in [4.78, 5) is 25.7. The van der Waals surface area contributed by atoms with E-state index in [4.69, 9.17) is 9.47 Å². The minimum Gasteiger partial charge on any atom is -1.00 e. The molecule has 8 nitrogen and oxygen atoms in total. The van der Waals surface area contributed by atoms with Crippen molar-refractivity contribution in [3.05, 3.63) is 23.8 Å². The molecule has 1 aromatic carbocycles. The highest BCUT2D eigenvalue weighted by Gasteiger charge is 2.39. The molecule has 1 aliphatic rings. The number of ether oxygens (including phenoxy) is 3. The normalized spacial score (nSPS) is 15.6. The van der Waals surface area contributed by atoms with E-state index in [1.807, 2.05) is 12.1 Å². The maximum atomic E-state index is 12.9. The number of esters is 1. The number of carbonyl (C=O) groups excluding carboxylic acids is 2. The molecular weight excluding hydrogens is 599 g/mol. The number of aliphatic hydroxyl groups excluding tert-OH is 1. The first kappa shape index (κ1) is 44.2. The topological polar surface area (TPSA) is 85.3 Å². The number of amides is 1. The van der Waals surface area contributed by atoms with E-state index < -0.39 is 0 Å². The molecule has 0 radical (unpaired) electrons. The maximum absolute atomic E-state index is 12.9. The molecular formula is C38H65FN2O6. The van der Waals surface area contributed by atoms with Crippen LogP contribution in [0.15, 0.2) is 18.2 Å². The van der Waals surface area contributed by atoms with Crippen LogP contribution in [0.2, 0.25) is 0 Å². The molecule has 1 aliphatic heterocycles. The standard InChI is InChI=1S/C22H29NO6.C16H36N.FH/c1-27-18-11-10-16(20(12-18)28-2)13-23-14-17(15-24)19(22(23)26)8-6-4-5-7-9-21(25)29-3;1-5-9-13-17(14-10-6-2,15-11-7-3)16-12-8-4;/h10-12,17,19,24H,5,7-9,13-15H2,1-3H3;5-16H2,1-4H3;1H/q;+1;/p-1/t17-,19-;;/m1../s1. The van der Waals surface area contributed by atoms with Crippen molar-refractivity contribution in [3.8, 4) is 23.3 Å². The van der Waals surface area contributed by atoms with Gasteiger partial charge in [-0.25, -0.2) is 0 Å². The van der Waals surface area contributed by atoms with Crippen molar-refractivity contribution in [2.45, 2.75) is 111 Å². The van der Waals surface area contributed by atoms with Crippen LogP contribution in [0.25, 0.3) is 0 Å². The summed E-state index contributed by atoms with van der Waals surface area (Å²) in [5, 5.41) is 9.72. The number of nitrogens with zero attached hydrogens (tertiary/aromatic N) is 2. The van der Waals surface area contributed by atoms with Crippen molar-refractivity contribution in [2.75, 3.05) is 60.7 Å². The zero-order chi connectivity index (χ0) is 34.2. The van der Waals surface area contributed by atoms with Crippen molar-refractivity contribution < 1.29 is 38.1 Å². The predicted octanol–water partition coefficient (Wildman–Crippen LogP) is 4.02. The smallest absolute Gasteiger partial charge is 0.305 e. The Labute approximate surface area is 285 Å². The van der Waals surface area contributed by atoms with E-state index in [9.17, 15) is 14.7 Å². The predicted molar refractivity (Wildman–Crippen MR) is 187 cm³/mol. The summed E-state index contributed by atoms with van der Waals surface area (Å²) >= 11 is 0. The number of rotatable bonds is 21. The van der Waals surface area contributed by atoms with E-state index in [1.165, 1.54) is 89.1 Å². The van der Waals surface area contributed by atoms with Gasteiger partial charge in [-0.15, -0.1) is 11.8 Å². The largest absolute Gasteiger partial charge is 1.00 e. The van der Waals surface area contributed by atoms with Crippen LogP contribution in [-0.4, -0.2) is 87.0 Å². The maximum Gasteiger partial charge on any atom is 0.305 e. The lowest BCUT2D eigenvalue weighted by Gasteiger charge is -2.39. The molecule has 0 spiro atoms. The second-order valence-corrected chi connectivity index (χ2v) is 12.6. The Morgan fingerprint density at radius 1 is 0.894 bits per heavy atom. The number of hydrogen-bond donors (Lipinski definition) is 1. The molecule has 1 N–H and O–H groups in total. The summed E-state index contributed by atoms with van der Waals surface area (Å²) in [6, 6.07) is 5.50. The first-order valence-corrected chi connectivity index (χ1v) is 17.8. The van der Waals surface area contributed by atoms with Gasteiger partial charge in [0.15, 0.2) is 0 Å². The van der Waals surface area contributed by atoms with Crippen molar-refractivity contribution in [2.24, 2.45) is 11.8 Å². The molecule has 1 aromatic rings. The molecule has 1 heterocycles. The molecule has 0 aliphatic carbocycles. The van der Waals surface area contributed by atoms with E-state index in [0.29, 0.717) is 50.3 Å². The SMILES string of the molecule is CCCC[N+](CCCC)(CCCC)CCCC.COC(=O)CCCC#CC[C@H]1C(=O)N(Cc2ccc(OC)cc2OC)C[C@@H]1CO.[F-]. The van der Waals surface area contributed by atoms with Crippen LogP contribution >= 0.6 is 0 Å². The molecule has 0 unspecified atom stereocenters.